The fraction of sp³-hybridized carbons (Fsp3) is 0.471. The molecule has 4 nitrogen and oxygen atoms in total. The molecular formula is C17H24N2O2S. The largest absolute Gasteiger partial charge is 0.490 e. The lowest BCUT2D eigenvalue weighted by Gasteiger charge is -2.15. The first-order valence-electron chi connectivity index (χ1n) is 7.68. The van der Waals surface area contributed by atoms with Crippen LogP contribution in [0.4, 0.5) is 0 Å². The highest BCUT2D eigenvalue weighted by Gasteiger charge is 2.16. The van der Waals surface area contributed by atoms with Gasteiger partial charge in [-0.3, -0.25) is 0 Å². The first kappa shape index (κ1) is 16.8. The molecule has 0 bridgehead atoms. The molecule has 1 atom stereocenters. The summed E-state index contributed by atoms with van der Waals surface area (Å²) in [5.41, 5.74) is 8.19. The standard InChI is InChI=1S/C17H24N2O2S/c1-4-20-15-7-6-13(9-16(15)21-5-2)8-14(10-18)17-19-12(3)11-22-17/h6-7,9,11,14H,4-5,8,10,18H2,1-3H3. The minimum Gasteiger partial charge on any atom is -0.490 e. The molecule has 0 spiro atoms. The highest BCUT2D eigenvalue weighted by molar-refractivity contribution is 7.09. The maximum atomic E-state index is 5.95. The molecule has 1 aromatic heterocycles. The lowest BCUT2D eigenvalue weighted by molar-refractivity contribution is 0.287. The van der Waals surface area contributed by atoms with Gasteiger partial charge in [0.05, 0.1) is 18.2 Å². The molecule has 22 heavy (non-hydrogen) atoms. The van der Waals surface area contributed by atoms with Crippen LogP contribution in [0, 0.1) is 6.92 Å². The minimum absolute atomic E-state index is 0.242. The molecule has 0 amide bonds. The van der Waals surface area contributed by atoms with Crippen molar-refractivity contribution >= 4 is 11.3 Å². The van der Waals surface area contributed by atoms with E-state index >= 15 is 0 Å². The van der Waals surface area contributed by atoms with E-state index in [4.69, 9.17) is 15.2 Å². The zero-order valence-corrected chi connectivity index (χ0v) is 14.3. The van der Waals surface area contributed by atoms with Gasteiger partial charge >= 0.3 is 0 Å². The summed E-state index contributed by atoms with van der Waals surface area (Å²) in [5, 5.41) is 3.17. The van der Waals surface area contributed by atoms with Gasteiger partial charge in [0.1, 0.15) is 0 Å². The number of hydrogen-bond donors (Lipinski definition) is 1. The van der Waals surface area contributed by atoms with Gasteiger partial charge in [-0.25, -0.2) is 4.98 Å². The van der Waals surface area contributed by atoms with Crippen molar-refractivity contribution in [2.45, 2.75) is 33.1 Å². The zero-order valence-electron chi connectivity index (χ0n) is 13.5. The molecule has 0 aliphatic rings. The fourth-order valence-corrected chi connectivity index (χ4v) is 3.25. The average Bonchev–Trinajstić information content (AvgIpc) is 2.94. The van der Waals surface area contributed by atoms with Crippen molar-refractivity contribution in [3.8, 4) is 11.5 Å². The van der Waals surface area contributed by atoms with E-state index in [1.54, 1.807) is 11.3 Å². The molecule has 120 valence electrons. The van der Waals surface area contributed by atoms with Crippen molar-refractivity contribution < 1.29 is 9.47 Å². The number of benzene rings is 1. The summed E-state index contributed by atoms with van der Waals surface area (Å²) in [6.45, 7) is 7.79. The smallest absolute Gasteiger partial charge is 0.161 e. The summed E-state index contributed by atoms with van der Waals surface area (Å²) >= 11 is 1.68. The topological polar surface area (TPSA) is 57.4 Å². The third-order valence-electron chi connectivity index (χ3n) is 3.36. The van der Waals surface area contributed by atoms with Crippen LogP contribution < -0.4 is 15.2 Å². The van der Waals surface area contributed by atoms with E-state index in [9.17, 15) is 0 Å². The Labute approximate surface area is 136 Å². The second-order valence-electron chi connectivity index (χ2n) is 5.11. The van der Waals surface area contributed by atoms with E-state index < -0.39 is 0 Å². The fourth-order valence-electron chi connectivity index (χ4n) is 2.34. The van der Waals surface area contributed by atoms with Crippen LogP contribution in [-0.2, 0) is 6.42 Å². The summed E-state index contributed by atoms with van der Waals surface area (Å²) in [5.74, 6) is 1.83. The van der Waals surface area contributed by atoms with Gasteiger partial charge in [-0.05, 0) is 44.9 Å². The van der Waals surface area contributed by atoms with E-state index in [1.165, 1.54) is 5.56 Å². The van der Waals surface area contributed by atoms with E-state index in [-0.39, 0.29) is 5.92 Å². The average molecular weight is 320 g/mol. The van der Waals surface area contributed by atoms with Crippen molar-refractivity contribution in [1.29, 1.82) is 0 Å². The molecule has 1 heterocycles. The van der Waals surface area contributed by atoms with Crippen molar-refractivity contribution in [2.75, 3.05) is 19.8 Å². The Kier molecular flexibility index (Phi) is 6.21. The Hall–Kier alpha value is -1.59. The van der Waals surface area contributed by atoms with Crippen LogP contribution in [0.3, 0.4) is 0 Å². The lowest BCUT2D eigenvalue weighted by atomic mass is 9.99. The number of nitrogens with two attached hydrogens (primary N) is 1. The molecule has 1 unspecified atom stereocenters. The second-order valence-corrected chi connectivity index (χ2v) is 6.00. The van der Waals surface area contributed by atoms with Gasteiger partial charge in [-0.2, -0.15) is 0 Å². The van der Waals surface area contributed by atoms with Crippen LogP contribution in [-0.4, -0.2) is 24.7 Å². The van der Waals surface area contributed by atoms with E-state index in [0.717, 1.165) is 28.6 Å². The van der Waals surface area contributed by atoms with Crippen LogP contribution in [0.5, 0.6) is 11.5 Å². The maximum absolute atomic E-state index is 5.95. The molecule has 1 aromatic carbocycles. The molecule has 0 fully saturated rings. The second kappa shape index (κ2) is 8.15. The lowest BCUT2D eigenvalue weighted by Crippen LogP contribution is -2.15. The Morgan fingerprint density at radius 2 is 1.91 bits per heavy atom. The van der Waals surface area contributed by atoms with E-state index in [2.05, 4.69) is 22.5 Å². The van der Waals surface area contributed by atoms with Gasteiger partial charge in [0.15, 0.2) is 11.5 Å². The normalized spacial score (nSPS) is 12.2. The third-order valence-corrected chi connectivity index (χ3v) is 4.49. The maximum Gasteiger partial charge on any atom is 0.161 e. The molecule has 2 aromatic rings. The molecule has 0 aliphatic heterocycles. The Balaban J connectivity index is 2.18. The van der Waals surface area contributed by atoms with Crippen molar-refractivity contribution in [1.82, 2.24) is 4.98 Å². The summed E-state index contributed by atoms with van der Waals surface area (Å²) in [4.78, 5) is 4.57. The van der Waals surface area contributed by atoms with Gasteiger partial charge in [0, 0.05) is 23.5 Å². The Morgan fingerprint density at radius 3 is 2.50 bits per heavy atom. The molecule has 5 heteroatoms. The van der Waals surface area contributed by atoms with Gasteiger partial charge in [0.2, 0.25) is 0 Å². The minimum atomic E-state index is 0.242. The van der Waals surface area contributed by atoms with Crippen LogP contribution >= 0.6 is 11.3 Å². The number of rotatable bonds is 8. The Bertz CT molecular complexity index is 598. The van der Waals surface area contributed by atoms with Crippen LogP contribution in [0.15, 0.2) is 23.6 Å². The van der Waals surface area contributed by atoms with Gasteiger partial charge in [-0.1, -0.05) is 6.07 Å². The van der Waals surface area contributed by atoms with Crippen molar-refractivity contribution in [3.63, 3.8) is 0 Å². The molecule has 0 saturated carbocycles. The van der Waals surface area contributed by atoms with Crippen molar-refractivity contribution in [2.24, 2.45) is 5.73 Å². The third kappa shape index (κ3) is 4.21. The molecule has 0 saturated heterocycles. The zero-order chi connectivity index (χ0) is 15.9. The SMILES string of the molecule is CCOc1ccc(CC(CN)c2nc(C)cs2)cc1OCC. The van der Waals surface area contributed by atoms with Crippen molar-refractivity contribution in [3.05, 3.63) is 39.8 Å². The highest BCUT2D eigenvalue weighted by atomic mass is 32.1. The monoisotopic (exact) mass is 320 g/mol. The van der Waals surface area contributed by atoms with Gasteiger partial charge in [0.25, 0.3) is 0 Å². The number of thiazole rings is 1. The molecular weight excluding hydrogens is 296 g/mol. The molecule has 0 aliphatic carbocycles. The number of aryl methyl sites for hydroxylation is 1. The quantitative estimate of drug-likeness (QED) is 0.808. The van der Waals surface area contributed by atoms with E-state index in [0.29, 0.717) is 19.8 Å². The van der Waals surface area contributed by atoms with Crippen LogP contribution in [0.1, 0.15) is 36.0 Å². The number of ether oxygens (including phenoxy) is 2. The van der Waals surface area contributed by atoms with Crippen LogP contribution in [0.2, 0.25) is 0 Å². The van der Waals surface area contributed by atoms with Gasteiger partial charge < -0.3 is 15.2 Å². The van der Waals surface area contributed by atoms with Crippen LogP contribution in [0.25, 0.3) is 0 Å². The summed E-state index contributed by atoms with van der Waals surface area (Å²) < 4.78 is 11.3. The number of nitrogens with zero attached hydrogens (tertiary/aromatic N) is 1. The number of hydrogen-bond acceptors (Lipinski definition) is 5. The summed E-state index contributed by atoms with van der Waals surface area (Å²) in [6.07, 6.45) is 0.857. The highest BCUT2D eigenvalue weighted by Crippen LogP contribution is 2.31. The van der Waals surface area contributed by atoms with Gasteiger partial charge in [-0.15, -0.1) is 11.3 Å². The Morgan fingerprint density at radius 1 is 1.18 bits per heavy atom. The molecule has 0 radical (unpaired) electrons. The first-order chi connectivity index (χ1) is 10.7. The molecule has 2 N–H and O–H groups in total. The first-order valence-corrected chi connectivity index (χ1v) is 8.56. The molecule has 2 rings (SSSR count). The van der Waals surface area contributed by atoms with E-state index in [1.807, 2.05) is 26.8 Å². The summed E-state index contributed by atoms with van der Waals surface area (Å²) in [6, 6.07) is 6.11. The predicted molar refractivity (Wildman–Crippen MR) is 91.1 cm³/mol. The summed E-state index contributed by atoms with van der Waals surface area (Å²) in [7, 11) is 0. The number of aromatic nitrogens is 1. The predicted octanol–water partition coefficient (Wildman–Crippen LogP) is 3.53.